The van der Waals surface area contributed by atoms with Gasteiger partial charge in [0.1, 0.15) is 16.5 Å². The third kappa shape index (κ3) is 4.19. The Morgan fingerprint density at radius 3 is 2.52 bits per heavy atom. The quantitative estimate of drug-likeness (QED) is 0.622. The lowest BCUT2D eigenvalue weighted by Gasteiger charge is -2.18. The van der Waals surface area contributed by atoms with Gasteiger partial charge in [0.05, 0.1) is 25.2 Å². The number of ether oxygens (including phenoxy) is 2. The Bertz CT molecular complexity index is 810. The standard InChI is InChI=1S/C17H17ClN2O5/c1-10(13-9-12(24-2)5-7-16(13)25-3)19-17(21)11-4-6-14(18)15(8-11)20(22)23/h4-10H,1-3H3,(H,19,21)/t10-/m0/s1. The average molecular weight is 365 g/mol. The van der Waals surface area contributed by atoms with Gasteiger partial charge in [-0.15, -0.1) is 0 Å². The van der Waals surface area contributed by atoms with Crippen LogP contribution in [0.1, 0.15) is 28.9 Å². The van der Waals surface area contributed by atoms with Crippen molar-refractivity contribution in [2.24, 2.45) is 0 Å². The van der Waals surface area contributed by atoms with Gasteiger partial charge < -0.3 is 14.8 Å². The van der Waals surface area contributed by atoms with Crippen molar-refractivity contribution in [1.82, 2.24) is 5.32 Å². The zero-order valence-corrected chi connectivity index (χ0v) is 14.7. The highest BCUT2D eigenvalue weighted by molar-refractivity contribution is 6.32. The van der Waals surface area contributed by atoms with E-state index in [1.807, 2.05) is 0 Å². The summed E-state index contributed by atoms with van der Waals surface area (Å²) in [6.07, 6.45) is 0. The molecule has 0 saturated heterocycles. The van der Waals surface area contributed by atoms with E-state index in [4.69, 9.17) is 21.1 Å². The van der Waals surface area contributed by atoms with Gasteiger partial charge in [-0.2, -0.15) is 0 Å². The van der Waals surface area contributed by atoms with E-state index < -0.39 is 16.9 Å². The second-order valence-electron chi connectivity index (χ2n) is 5.23. The van der Waals surface area contributed by atoms with Crippen molar-refractivity contribution >= 4 is 23.2 Å². The molecular weight excluding hydrogens is 348 g/mol. The predicted octanol–water partition coefficient (Wildman–Crippen LogP) is 3.76. The van der Waals surface area contributed by atoms with Crippen LogP contribution in [-0.2, 0) is 0 Å². The van der Waals surface area contributed by atoms with Crippen molar-refractivity contribution in [2.75, 3.05) is 14.2 Å². The van der Waals surface area contributed by atoms with Crippen LogP contribution in [0.25, 0.3) is 0 Å². The van der Waals surface area contributed by atoms with Crippen molar-refractivity contribution in [2.45, 2.75) is 13.0 Å². The van der Waals surface area contributed by atoms with Gasteiger partial charge in [-0.05, 0) is 37.3 Å². The summed E-state index contributed by atoms with van der Waals surface area (Å²) in [7, 11) is 3.07. The van der Waals surface area contributed by atoms with Gasteiger partial charge in [0.25, 0.3) is 11.6 Å². The number of nitro groups is 1. The Labute approximate surface area is 149 Å². The van der Waals surface area contributed by atoms with Gasteiger partial charge in [0.15, 0.2) is 0 Å². The Kier molecular flexibility index (Phi) is 5.82. The van der Waals surface area contributed by atoms with Crippen LogP contribution in [0.2, 0.25) is 5.02 Å². The predicted molar refractivity (Wildman–Crippen MR) is 93.5 cm³/mol. The fourth-order valence-corrected chi connectivity index (χ4v) is 2.52. The SMILES string of the molecule is COc1ccc(OC)c([C@H](C)NC(=O)c2ccc(Cl)c([N+](=O)[O-])c2)c1. The van der Waals surface area contributed by atoms with E-state index in [1.165, 1.54) is 19.2 Å². The lowest BCUT2D eigenvalue weighted by molar-refractivity contribution is -0.384. The number of halogens is 1. The molecule has 0 aromatic heterocycles. The molecule has 8 heteroatoms. The Morgan fingerprint density at radius 2 is 1.92 bits per heavy atom. The Balaban J connectivity index is 2.26. The van der Waals surface area contributed by atoms with Crippen LogP contribution in [0.3, 0.4) is 0 Å². The maximum atomic E-state index is 12.4. The van der Waals surface area contributed by atoms with Crippen LogP contribution < -0.4 is 14.8 Å². The van der Waals surface area contributed by atoms with Crippen molar-refractivity contribution in [1.29, 1.82) is 0 Å². The Morgan fingerprint density at radius 1 is 1.20 bits per heavy atom. The van der Waals surface area contributed by atoms with Gasteiger partial charge in [-0.25, -0.2) is 0 Å². The number of hydrogen-bond acceptors (Lipinski definition) is 5. The van der Waals surface area contributed by atoms with E-state index in [2.05, 4.69) is 5.32 Å². The first-order valence-corrected chi connectivity index (χ1v) is 7.72. The average Bonchev–Trinajstić information content (AvgIpc) is 2.60. The first-order valence-electron chi connectivity index (χ1n) is 7.34. The monoisotopic (exact) mass is 364 g/mol. The van der Waals surface area contributed by atoms with E-state index in [9.17, 15) is 14.9 Å². The van der Waals surface area contributed by atoms with Gasteiger partial charge in [0, 0.05) is 17.2 Å². The van der Waals surface area contributed by atoms with Crippen LogP contribution in [0, 0.1) is 10.1 Å². The molecular formula is C17H17ClN2O5. The molecule has 132 valence electrons. The van der Waals surface area contributed by atoms with Crippen molar-refractivity contribution in [3.63, 3.8) is 0 Å². The fraction of sp³-hybridized carbons (Fsp3) is 0.235. The van der Waals surface area contributed by atoms with E-state index in [0.717, 1.165) is 11.6 Å². The largest absolute Gasteiger partial charge is 0.497 e. The van der Waals surface area contributed by atoms with Crippen molar-refractivity contribution in [3.8, 4) is 11.5 Å². The molecule has 0 aliphatic heterocycles. The lowest BCUT2D eigenvalue weighted by atomic mass is 10.1. The molecule has 2 rings (SSSR count). The number of methoxy groups -OCH3 is 2. The molecule has 0 aliphatic carbocycles. The summed E-state index contributed by atoms with van der Waals surface area (Å²) < 4.78 is 10.5. The number of rotatable bonds is 6. The van der Waals surface area contributed by atoms with Gasteiger partial charge >= 0.3 is 0 Å². The normalized spacial score (nSPS) is 11.5. The summed E-state index contributed by atoms with van der Waals surface area (Å²) in [5, 5.41) is 13.7. The molecule has 7 nitrogen and oxygen atoms in total. The molecule has 0 heterocycles. The molecule has 1 amide bonds. The number of carbonyl (C=O) groups excluding carboxylic acids is 1. The minimum atomic E-state index is -0.631. The third-order valence-corrected chi connectivity index (χ3v) is 3.98. The zero-order chi connectivity index (χ0) is 18.6. The van der Waals surface area contributed by atoms with Crippen molar-refractivity contribution in [3.05, 3.63) is 62.7 Å². The van der Waals surface area contributed by atoms with Crippen molar-refractivity contribution < 1.29 is 19.2 Å². The maximum Gasteiger partial charge on any atom is 0.288 e. The number of nitro benzene ring substituents is 1. The third-order valence-electron chi connectivity index (χ3n) is 3.66. The molecule has 25 heavy (non-hydrogen) atoms. The molecule has 0 unspecified atom stereocenters. The molecule has 2 aromatic rings. The lowest BCUT2D eigenvalue weighted by Crippen LogP contribution is -2.27. The van der Waals surface area contributed by atoms with Gasteiger partial charge in [-0.1, -0.05) is 11.6 Å². The number of benzene rings is 2. The Hall–Kier alpha value is -2.80. The molecule has 0 bridgehead atoms. The molecule has 0 radical (unpaired) electrons. The second kappa shape index (κ2) is 7.85. The number of carbonyl (C=O) groups is 1. The molecule has 0 aliphatic rings. The maximum absolute atomic E-state index is 12.4. The van der Waals surface area contributed by atoms with Crippen LogP contribution in [-0.4, -0.2) is 25.1 Å². The van der Waals surface area contributed by atoms with Crippen LogP contribution in [0.4, 0.5) is 5.69 Å². The minimum absolute atomic E-state index is 0.0240. The first-order chi connectivity index (χ1) is 11.9. The van der Waals surface area contributed by atoms with E-state index in [-0.39, 0.29) is 16.3 Å². The highest BCUT2D eigenvalue weighted by atomic mass is 35.5. The molecule has 0 fully saturated rings. The topological polar surface area (TPSA) is 90.7 Å². The zero-order valence-electron chi connectivity index (χ0n) is 13.9. The summed E-state index contributed by atoms with van der Waals surface area (Å²) in [6.45, 7) is 1.78. The van der Waals surface area contributed by atoms with Gasteiger partial charge in [0.2, 0.25) is 0 Å². The van der Waals surface area contributed by atoms with E-state index in [0.29, 0.717) is 11.5 Å². The molecule has 1 atom stereocenters. The molecule has 2 aromatic carbocycles. The first kappa shape index (κ1) is 18.5. The van der Waals surface area contributed by atoms with Gasteiger partial charge in [-0.3, -0.25) is 14.9 Å². The summed E-state index contributed by atoms with van der Waals surface area (Å²) in [5.74, 6) is 0.756. The smallest absolute Gasteiger partial charge is 0.288 e. The number of amides is 1. The molecule has 0 saturated carbocycles. The molecule has 1 N–H and O–H groups in total. The van der Waals surface area contributed by atoms with Crippen LogP contribution in [0.15, 0.2) is 36.4 Å². The van der Waals surface area contributed by atoms with Crippen LogP contribution in [0.5, 0.6) is 11.5 Å². The second-order valence-corrected chi connectivity index (χ2v) is 5.63. The van der Waals surface area contributed by atoms with E-state index >= 15 is 0 Å². The number of nitrogens with one attached hydrogen (secondary N) is 1. The summed E-state index contributed by atoms with van der Waals surface area (Å²) >= 11 is 5.77. The summed E-state index contributed by atoms with van der Waals surface area (Å²) in [4.78, 5) is 22.7. The number of hydrogen-bond donors (Lipinski definition) is 1. The van der Waals surface area contributed by atoms with Crippen LogP contribution >= 0.6 is 11.6 Å². The summed E-state index contributed by atoms with van der Waals surface area (Å²) in [6, 6.07) is 8.74. The highest BCUT2D eigenvalue weighted by Crippen LogP contribution is 2.30. The van der Waals surface area contributed by atoms with E-state index in [1.54, 1.807) is 32.2 Å². The molecule has 0 spiro atoms. The number of nitrogens with zero attached hydrogens (tertiary/aromatic N) is 1. The minimum Gasteiger partial charge on any atom is -0.497 e. The fourth-order valence-electron chi connectivity index (χ4n) is 2.33. The summed E-state index contributed by atoms with van der Waals surface area (Å²) in [5.41, 5.74) is 0.546. The highest BCUT2D eigenvalue weighted by Gasteiger charge is 2.19.